The summed E-state index contributed by atoms with van der Waals surface area (Å²) in [6, 6.07) is 10.1. The zero-order valence-corrected chi connectivity index (χ0v) is 18.5. The normalized spacial score (nSPS) is 10.9. The van der Waals surface area contributed by atoms with Crippen molar-refractivity contribution >= 4 is 34.9 Å². The van der Waals surface area contributed by atoms with Crippen LogP contribution in [0.1, 0.15) is 16.1 Å². The molecule has 0 fully saturated rings. The van der Waals surface area contributed by atoms with Gasteiger partial charge in [-0.25, -0.2) is 4.79 Å². The minimum atomic E-state index is -4.71. The molecule has 3 amide bonds. The average molecular weight is 495 g/mol. The third kappa shape index (κ3) is 6.07. The number of aromatic nitrogens is 1. The largest absolute Gasteiger partial charge is 0.495 e. The fourth-order valence-corrected chi connectivity index (χ4v) is 3.05. The molecule has 0 saturated carbocycles. The lowest BCUT2D eigenvalue weighted by Gasteiger charge is -2.16. The van der Waals surface area contributed by atoms with Gasteiger partial charge in [-0.15, -0.1) is 0 Å². The fourth-order valence-electron chi connectivity index (χ4n) is 2.79. The van der Waals surface area contributed by atoms with Gasteiger partial charge in [0, 0.05) is 31.1 Å². The van der Waals surface area contributed by atoms with Gasteiger partial charge in [-0.2, -0.15) is 13.2 Å². The van der Waals surface area contributed by atoms with Crippen LogP contribution in [-0.2, 0) is 6.18 Å². The lowest BCUT2D eigenvalue weighted by molar-refractivity contribution is -0.137. The molecule has 0 aliphatic carbocycles. The number of halogens is 4. The number of nitrogens with one attached hydrogen (secondary N) is 3. The number of ether oxygens (including phenoxy) is 2. The van der Waals surface area contributed by atoms with Crippen molar-refractivity contribution in [2.24, 2.45) is 0 Å². The molecule has 8 nitrogen and oxygen atoms in total. The molecule has 0 atom stereocenters. The number of urea groups is 1. The molecule has 34 heavy (non-hydrogen) atoms. The zero-order valence-electron chi connectivity index (χ0n) is 17.8. The minimum Gasteiger partial charge on any atom is -0.495 e. The van der Waals surface area contributed by atoms with Gasteiger partial charge in [0.2, 0.25) is 0 Å². The van der Waals surface area contributed by atoms with Gasteiger partial charge < -0.3 is 25.4 Å². The van der Waals surface area contributed by atoms with Crippen LogP contribution in [0.2, 0.25) is 5.02 Å². The lowest BCUT2D eigenvalue weighted by atomic mass is 10.1. The first-order chi connectivity index (χ1) is 16.1. The molecular weight excluding hydrogens is 477 g/mol. The molecule has 0 saturated heterocycles. The molecule has 3 rings (SSSR count). The van der Waals surface area contributed by atoms with Crippen molar-refractivity contribution in [1.82, 2.24) is 10.3 Å². The van der Waals surface area contributed by atoms with E-state index in [-0.39, 0.29) is 23.0 Å². The summed E-state index contributed by atoms with van der Waals surface area (Å²) in [6.07, 6.45) is -3.28. The van der Waals surface area contributed by atoms with Crippen LogP contribution < -0.4 is 25.4 Å². The van der Waals surface area contributed by atoms with E-state index >= 15 is 0 Å². The van der Waals surface area contributed by atoms with E-state index in [0.717, 1.165) is 6.07 Å². The van der Waals surface area contributed by atoms with Crippen LogP contribution in [0.5, 0.6) is 17.2 Å². The molecule has 0 unspecified atom stereocenters. The fraction of sp³-hybridized carbons (Fsp3) is 0.136. The van der Waals surface area contributed by atoms with Gasteiger partial charge in [0.05, 0.1) is 23.4 Å². The van der Waals surface area contributed by atoms with Gasteiger partial charge >= 0.3 is 12.2 Å². The Balaban J connectivity index is 1.68. The number of rotatable bonds is 6. The highest BCUT2D eigenvalue weighted by atomic mass is 35.5. The SMILES string of the molecule is CNC(=O)c1cc(Oc2ccc(NC(=O)Nc3cc(C(F)(F)F)c(Cl)cc3OC)cc2)ccn1. The van der Waals surface area contributed by atoms with E-state index in [4.69, 9.17) is 21.1 Å². The monoisotopic (exact) mass is 494 g/mol. The van der Waals surface area contributed by atoms with E-state index in [1.807, 2.05) is 0 Å². The predicted molar refractivity (Wildman–Crippen MR) is 120 cm³/mol. The van der Waals surface area contributed by atoms with Gasteiger partial charge in [-0.05, 0) is 36.4 Å². The summed E-state index contributed by atoms with van der Waals surface area (Å²) in [5.41, 5.74) is -0.792. The van der Waals surface area contributed by atoms with Crippen LogP contribution in [0.25, 0.3) is 0 Å². The minimum absolute atomic E-state index is 0.0367. The van der Waals surface area contributed by atoms with Crippen molar-refractivity contribution in [3.63, 3.8) is 0 Å². The number of carbonyl (C=O) groups excluding carboxylic acids is 2. The Kier molecular flexibility index (Phi) is 7.47. The summed E-state index contributed by atoms with van der Waals surface area (Å²) in [5.74, 6) is 0.387. The maximum Gasteiger partial charge on any atom is 0.417 e. The number of benzene rings is 2. The Hall–Kier alpha value is -3.99. The van der Waals surface area contributed by atoms with E-state index in [1.54, 1.807) is 18.2 Å². The molecule has 0 aliphatic heterocycles. The van der Waals surface area contributed by atoms with Crippen molar-refractivity contribution in [3.05, 3.63) is 71.0 Å². The highest BCUT2D eigenvalue weighted by Crippen LogP contribution is 2.40. The highest BCUT2D eigenvalue weighted by molar-refractivity contribution is 6.31. The number of nitrogens with zero attached hydrogens (tertiary/aromatic N) is 1. The van der Waals surface area contributed by atoms with Gasteiger partial charge in [0.1, 0.15) is 22.9 Å². The topological polar surface area (TPSA) is 102 Å². The van der Waals surface area contributed by atoms with Crippen LogP contribution in [0.3, 0.4) is 0 Å². The molecule has 0 radical (unpaired) electrons. The number of hydrogen-bond donors (Lipinski definition) is 3. The van der Waals surface area contributed by atoms with Gasteiger partial charge in [-0.1, -0.05) is 11.6 Å². The van der Waals surface area contributed by atoms with Gasteiger partial charge in [0.25, 0.3) is 5.91 Å². The van der Waals surface area contributed by atoms with Gasteiger partial charge in [-0.3, -0.25) is 9.78 Å². The molecule has 1 aromatic heterocycles. The van der Waals surface area contributed by atoms with E-state index < -0.39 is 22.8 Å². The molecule has 0 spiro atoms. The molecule has 3 N–H and O–H groups in total. The second kappa shape index (κ2) is 10.3. The second-order valence-electron chi connectivity index (χ2n) is 6.69. The molecular formula is C22H18ClF3N4O4. The lowest BCUT2D eigenvalue weighted by Crippen LogP contribution is -2.20. The van der Waals surface area contributed by atoms with Crippen LogP contribution in [-0.4, -0.2) is 31.1 Å². The van der Waals surface area contributed by atoms with Crippen LogP contribution in [0.15, 0.2) is 54.7 Å². The Bertz CT molecular complexity index is 1200. The van der Waals surface area contributed by atoms with Crippen molar-refractivity contribution in [2.75, 3.05) is 24.8 Å². The second-order valence-corrected chi connectivity index (χ2v) is 7.10. The number of alkyl halides is 3. The summed E-state index contributed by atoms with van der Waals surface area (Å²) in [4.78, 5) is 28.0. The maximum atomic E-state index is 13.1. The Morgan fingerprint density at radius 1 is 1.00 bits per heavy atom. The van der Waals surface area contributed by atoms with Crippen LogP contribution in [0, 0.1) is 0 Å². The molecule has 3 aromatic rings. The number of amides is 3. The molecule has 2 aromatic carbocycles. The summed E-state index contributed by atoms with van der Waals surface area (Å²) in [7, 11) is 2.72. The highest BCUT2D eigenvalue weighted by Gasteiger charge is 2.34. The number of carbonyl (C=O) groups is 2. The Morgan fingerprint density at radius 2 is 1.71 bits per heavy atom. The molecule has 12 heteroatoms. The third-order valence-corrected chi connectivity index (χ3v) is 4.69. The molecule has 1 heterocycles. The van der Waals surface area contributed by atoms with Crippen LogP contribution in [0.4, 0.5) is 29.3 Å². The summed E-state index contributed by atoms with van der Waals surface area (Å²) < 4.78 is 50.1. The summed E-state index contributed by atoms with van der Waals surface area (Å²) >= 11 is 5.67. The molecule has 178 valence electrons. The quantitative estimate of drug-likeness (QED) is 0.416. The zero-order chi connectivity index (χ0) is 24.9. The smallest absolute Gasteiger partial charge is 0.417 e. The Labute approximate surface area is 197 Å². The number of methoxy groups -OCH3 is 1. The van der Waals surface area contributed by atoms with Crippen molar-refractivity contribution in [3.8, 4) is 17.2 Å². The van der Waals surface area contributed by atoms with E-state index in [0.29, 0.717) is 23.3 Å². The standard InChI is InChI=1S/C22H18ClF3N4O4/c1-27-20(31)18-9-14(7-8-28-18)34-13-5-3-12(4-6-13)29-21(32)30-17-10-15(22(24,25)26)16(23)11-19(17)33-2/h3-11H,1-2H3,(H,27,31)(H2,29,30,32). The average Bonchev–Trinajstić information content (AvgIpc) is 2.80. The van der Waals surface area contributed by atoms with E-state index in [2.05, 4.69) is 20.9 Å². The van der Waals surface area contributed by atoms with E-state index in [9.17, 15) is 22.8 Å². The number of hydrogen-bond acceptors (Lipinski definition) is 5. The van der Waals surface area contributed by atoms with E-state index in [1.165, 1.54) is 38.6 Å². The van der Waals surface area contributed by atoms with Gasteiger partial charge in [0.15, 0.2) is 0 Å². The maximum absolute atomic E-state index is 13.1. The first-order valence-electron chi connectivity index (χ1n) is 9.59. The van der Waals surface area contributed by atoms with Crippen molar-refractivity contribution in [1.29, 1.82) is 0 Å². The number of anilines is 2. The third-order valence-electron chi connectivity index (χ3n) is 4.38. The van der Waals surface area contributed by atoms with Crippen LogP contribution >= 0.6 is 11.6 Å². The predicted octanol–water partition coefficient (Wildman–Crippen LogP) is 5.56. The van der Waals surface area contributed by atoms with Crippen molar-refractivity contribution in [2.45, 2.75) is 6.18 Å². The summed E-state index contributed by atoms with van der Waals surface area (Å²) in [5, 5.41) is 6.72. The molecule has 0 bridgehead atoms. The first kappa shape index (κ1) is 24.6. The number of pyridine rings is 1. The van der Waals surface area contributed by atoms with Crippen molar-refractivity contribution < 1.29 is 32.2 Å². The Morgan fingerprint density at radius 3 is 2.32 bits per heavy atom. The first-order valence-corrected chi connectivity index (χ1v) is 9.97. The summed E-state index contributed by atoms with van der Waals surface area (Å²) in [6.45, 7) is 0. The molecule has 0 aliphatic rings.